The molecule has 9 heavy (non-hydrogen) atoms. The zero-order chi connectivity index (χ0) is 5.98. The van der Waals surface area contributed by atoms with Crippen LogP contribution in [0.4, 0.5) is 0 Å². The van der Waals surface area contributed by atoms with Gasteiger partial charge in [0, 0.05) is 0 Å². The Balaban J connectivity index is 0.000000640. The van der Waals surface area contributed by atoms with Gasteiger partial charge in [0.05, 0.1) is 0 Å². The van der Waals surface area contributed by atoms with E-state index < -0.39 is 0 Å². The zero-order valence-electron chi connectivity index (χ0n) is 4.70. The molecule has 0 spiro atoms. The molecule has 0 aromatic heterocycles. The van der Waals surface area contributed by atoms with Crippen molar-refractivity contribution in [3.8, 4) is 11.5 Å². The minimum absolute atomic E-state index is 0. The van der Waals surface area contributed by atoms with Crippen molar-refractivity contribution in [1.82, 2.24) is 0 Å². The quantitative estimate of drug-likeness (QED) is 0.677. The van der Waals surface area contributed by atoms with Crippen LogP contribution in [0.25, 0.3) is 0 Å². The van der Waals surface area contributed by atoms with Crippen LogP contribution in [-0.4, -0.2) is 10.2 Å². The van der Waals surface area contributed by atoms with Crippen LogP contribution >= 0.6 is 0 Å². The molecule has 0 bridgehead atoms. The SMILES string of the molecule is Oc1ccccc1O.[Ce+4]. The molecule has 0 unspecified atom stereocenters. The Morgan fingerprint density at radius 2 is 1.22 bits per heavy atom. The first-order chi connectivity index (χ1) is 3.80. The molecule has 0 saturated heterocycles. The summed E-state index contributed by atoms with van der Waals surface area (Å²) in [5.41, 5.74) is 0. The number of hydrogen-bond acceptors (Lipinski definition) is 2. The standard InChI is InChI=1S/C6H6O2.Ce/c7-5-3-1-2-4-6(5)8;/h1-4,7-8H;/q;+4. The maximum atomic E-state index is 8.67. The smallest absolute Gasteiger partial charge is 0.504 e. The Hall–Kier alpha value is 0.197. The van der Waals surface area contributed by atoms with E-state index in [1.165, 1.54) is 12.1 Å². The molecular weight excluding hydrogens is 244 g/mol. The summed E-state index contributed by atoms with van der Waals surface area (Å²) < 4.78 is 0. The van der Waals surface area contributed by atoms with E-state index in [9.17, 15) is 0 Å². The Kier molecular flexibility index (Phi) is 4.17. The summed E-state index contributed by atoms with van der Waals surface area (Å²) in [4.78, 5) is 0. The van der Waals surface area contributed by atoms with Crippen LogP contribution in [0.15, 0.2) is 24.3 Å². The van der Waals surface area contributed by atoms with Crippen LogP contribution in [0, 0.1) is 41.7 Å². The van der Waals surface area contributed by atoms with Gasteiger partial charge in [-0.05, 0) is 12.1 Å². The fourth-order valence-electron chi connectivity index (χ4n) is 0.464. The van der Waals surface area contributed by atoms with E-state index in [1.54, 1.807) is 12.1 Å². The van der Waals surface area contributed by atoms with Gasteiger partial charge in [0.15, 0.2) is 11.5 Å². The van der Waals surface area contributed by atoms with Gasteiger partial charge in [0.25, 0.3) is 0 Å². The second-order valence-electron chi connectivity index (χ2n) is 1.49. The molecule has 0 radical (unpaired) electrons. The first-order valence-electron chi connectivity index (χ1n) is 2.27. The van der Waals surface area contributed by atoms with Gasteiger partial charge in [0.2, 0.25) is 0 Å². The Morgan fingerprint density at radius 1 is 0.889 bits per heavy atom. The van der Waals surface area contributed by atoms with E-state index in [2.05, 4.69) is 0 Å². The third-order valence-electron chi connectivity index (χ3n) is 0.882. The molecule has 0 heterocycles. The van der Waals surface area contributed by atoms with Crippen LogP contribution < -0.4 is 0 Å². The number of hydrogen-bond donors (Lipinski definition) is 2. The molecule has 1 aromatic rings. The number of rotatable bonds is 0. The third-order valence-corrected chi connectivity index (χ3v) is 0.882. The molecule has 2 nitrogen and oxygen atoms in total. The van der Waals surface area contributed by atoms with Gasteiger partial charge in [0.1, 0.15) is 0 Å². The van der Waals surface area contributed by atoms with Gasteiger partial charge in [-0.3, -0.25) is 0 Å². The fourth-order valence-corrected chi connectivity index (χ4v) is 0.464. The van der Waals surface area contributed by atoms with E-state index in [0.717, 1.165) is 0 Å². The van der Waals surface area contributed by atoms with Gasteiger partial charge >= 0.3 is 41.7 Å². The van der Waals surface area contributed by atoms with Crippen molar-refractivity contribution < 1.29 is 52.0 Å². The Bertz CT molecular complexity index is 167. The third kappa shape index (κ3) is 2.51. The topological polar surface area (TPSA) is 40.5 Å². The minimum Gasteiger partial charge on any atom is -0.504 e. The molecule has 0 saturated carbocycles. The Morgan fingerprint density at radius 3 is 1.44 bits per heavy atom. The molecule has 1 aromatic carbocycles. The molecule has 0 amide bonds. The van der Waals surface area contributed by atoms with E-state index >= 15 is 0 Å². The molecule has 0 aliphatic carbocycles. The van der Waals surface area contributed by atoms with Crippen LogP contribution in [0.2, 0.25) is 0 Å². The summed E-state index contributed by atoms with van der Waals surface area (Å²) >= 11 is 0. The average molecular weight is 250 g/mol. The summed E-state index contributed by atoms with van der Waals surface area (Å²) in [6.45, 7) is 0. The molecule has 0 fully saturated rings. The van der Waals surface area contributed by atoms with Crippen molar-refractivity contribution in [2.75, 3.05) is 0 Å². The van der Waals surface area contributed by atoms with E-state index in [4.69, 9.17) is 10.2 Å². The molecule has 0 aliphatic heterocycles. The fraction of sp³-hybridized carbons (Fsp3) is 0. The van der Waals surface area contributed by atoms with Crippen molar-refractivity contribution in [3.63, 3.8) is 0 Å². The van der Waals surface area contributed by atoms with Crippen LogP contribution in [0.3, 0.4) is 0 Å². The van der Waals surface area contributed by atoms with Gasteiger partial charge in [-0.2, -0.15) is 0 Å². The molecule has 0 aliphatic rings. The minimum atomic E-state index is -0.0764. The summed E-state index contributed by atoms with van der Waals surface area (Å²) in [7, 11) is 0. The molecule has 2 N–H and O–H groups in total. The van der Waals surface area contributed by atoms with Gasteiger partial charge < -0.3 is 10.2 Å². The molecular formula is C6H6CeO2+4. The molecule has 1 rings (SSSR count). The van der Waals surface area contributed by atoms with Crippen LogP contribution in [0.5, 0.6) is 11.5 Å². The van der Waals surface area contributed by atoms with Crippen molar-refractivity contribution >= 4 is 0 Å². The summed E-state index contributed by atoms with van der Waals surface area (Å²) in [6.07, 6.45) is 0. The first-order valence-corrected chi connectivity index (χ1v) is 2.27. The first kappa shape index (κ1) is 9.20. The summed E-state index contributed by atoms with van der Waals surface area (Å²) in [5, 5.41) is 17.3. The maximum absolute atomic E-state index is 8.67. The van der Waals surface area contributed by atoms with E-state index in [0.29, 0.717) is 0 Å². The average Bonchev–Trinajstić information content (AvgIpc) is 1.77. The van der Waals surface area contributed by atoms with Crippen molar-refractivity contribution in [2.45, 2.75) is 0 Å². The second kappa shape index (κ2) is 4.08. The number of aromatic hydroxyl groups is 2. The van der Waals surface area contributed by atoms with Crippen molar-refractivity contribution in [2.24, 2.45) is 0 Å². The predicted molar refractivity (Wildman–Crippen MR) is 29.8 cm³/mol. The number of para-hydroxylation sites is 2. The summed E-state index contributed by atoms with van der Waals surface area (Å²) in [5.74, 6) is -0.153. The normalized spacial score (nSPS) is 8.00. The molecule has 42 valence electrons. The van der Waals surface area contributed by atoms with E-state index in [-0.39, 0.29) is 53.2 Å². The van der Waals surface area contributed by atoms with Gasteiger partial charge in [-0.1, -0.05) is 12.1 Å². The van der Waals surface area contributed by atoms with Crippen LogP contribution in [0.1, 0.15) is 0 Å². The van der Waals surface area contributed by atoms with Gasteiger partial charge in [-0.25, -0.2) is 0 Å². The maximum Gasteiger partial charge on any atom is 4.00 e. The predicted octanol–water partition coefficient (Wildman–Crippen LogP) is 1.10. The van der Waals surface area contributed by atoms with Crippen molar-refractivity contribution in [1.29, 1.82) is 0 Å². The monoisotopic (exact) mass is 250 g/mol. The Labute approximate surface area is 86.9 Å². The van der Waals surface area contributed by atoms with Gasteiger partial charge in [-0.15, -0.1) is 0 Å². The van der Waals surface area contributed by atoms with Crippen LogP contribution in [-0.2, 0) is 0 Å². The molecule has 0 atom stereocenters. The summed E-state index contributed by atoms with van der Waals surface area (Å²) in [6, 6.07) is 6.15. The number of phenolic OH excluding ortho intramolecular Hbond substituents is 2. The molecule has 3 heteroatoms. The van der Waals surface area contributed by atoms with E-state index in [1.807, 2.05) is 0 Å². The number of benzene rings is 1. The van der Waals surface area contributed by atoms with Crippen molar-refractivity contribution in [3.05, 3.63) is 24.3 Å². The second-order valence-corrected chi connectivity index (χ2v) is 1.49. The number of phenols is 2. The largest absolute Gasteiger partial charge is 4.00 e. The zero-order valence-corrected chi connectivity index (χ0v) is 7.84.